The van der Waals surface area contributed by atoms with E-state index in [9.17, 15) is 29.7 Å². The summed E-state index contributed by atoms with van der Waals surface area (Å²) < 4.78 is 18.8. The second-order valence-electron chi connectivity index (χ2n) is 3.45. The Labute approximate surface area is 90.6 Å². The average Bonchev–Trinajstić information content (AvgIpc) is 2.17. The molecule has 0 aromatic carbocycles. The molecule has 0 bridgehead atoms. The van der Waals surface area contributed by atoms with Gasteiger partial charge in [0.1, 0.15) is 18.3 Å². The molecule has 0 aromatic heterocycles. The smallest absolute Gasteiger partial charge is 0.211 e. The zero-order valence-corrected chi connectivity index (χ0v) is 9.03. The van der Waals surface area contributed by atoms with Gasteiger partial charge in [0.2, 0.25) is 6.29 Å². The zero-order valence-electron chi connectivity index (χ0n) is 8.13. The number of aliphatic hydroxyl groups excluding tert-OH is 3. The van der Waals surface area contributed by atoms with Crippen LogP contribution in [0.15, 0.2) is 0 Å². The van der Waals surface area contributed by atoms with Crippen molar-refractivity contribution in [1.29, 1.82) is 0 Å². The highest BCUT2D eigenvalue weighted by atomic mass is 31.2. The van der Waals surface area contributed by atoms with Crippen LogP contribution >= 0.6 is 7.82 Å². The van der Waals surface area contributed by atoms with E-state index in [1.54, 1.807) is 0 Å². The fourth-order valence-electron chi connectivity index (χ4n) is 1.30. The molecular formula is C6H13NO8P-. The van der Waals surface area contributed by atoms with E-state index < -0.39 is 45.1 Å². The number of hydrogen-bond acceptors (Lipinski definition) is 8. The molecule has 0 aromatic rings. The van der Waals surface area contributed by atoms with Crippen LogP contribution in [0.2, 0.25) is 0 Å². The van der Waals surface area contributed by atoms with E-state index in [-0.39, 0.29) is 0 Å². The molecule has 96 valence electrons. The van der Waals surface area contributed by atoms with E-state index in [1.165, 1.54) is 0 Å². The third-order valence-corrected chi connectivity index (χ3v) is 2.71. The Bertz CT molecular complexity index is 282. The van der Waals surface area contributed by atoms with Crippen molar-refractivity contribution >= 4 is 7.82 Å². The van der Waals surface area contributed by atoms with Crippen LogP contribution < -0.4 is 15.5 Å². The number of ether oxygens (including phenoxy) is 1. The highest BCUT2D eigenvalue weighted by Crippen LogP contribution is 2.27. The maximum absolute atomic E-state index is 10.2. The molecule has 1 aliphatic rings. The normalized spacial score (nSPS) is 41.0. The lowest BCUT2D eigenvalue weighted by atomic mass is 9.98. The molecule has 1 saturated heterocycles. The Morgan fingerprint density at radius 3 is 2.38 bits per heavy atom. The van der Waals surface area contributed by atoms with Gasteiger partial charge in [0.25, 0.3) is 0 Å². The van der Waals surface area contributed by atoms with Crippen LogP contribution in [0.4, 0.5) is 0 Å². The number of hydrogen-bond donors (Lipinski definition) is 4. The van der Waals surface area contributed by atoms with Crippen LogP contribution in [0.25, 0.3) is 0 Å². The molecule has 1 rings (SSSR count). The Morgan fingerprint density at radius 2 is 1.88 bits per heavy atom. The predicted molar refractivity (Wildman–Crippen MR) is 43.1 cm³/mol. The molecule has 6 N–H and O–H groups in total. The number of quaternary nitrogens is 1. The van der Waals surface area contributed by atoms with E-state index in [0.717, 1.165) is 0 Å². The summed E-state index contributed by atoms with van der Waals surface area (Å²) in [5.41, 5.74) is 3.35. The maximum atomic E-state index is 10.2. The summed E-state index contributed by atoms with van der Waals surface area (Å²) in [5.74, 6) is 0. The summed E-state index contributed by atoms with van der Waals surface area (Å²) in [6.45, 7) is -0.772. The molecule has 10 heteroatoms. The number of phosphoric acid groups is 1. The van der Waals surface area contributed by atoms with Crippen molar-refractivity contribution in [2.45, 2.75) is 30.6 Å². The Morgan fingerprint density at radius 1 is 1.31 bits per heavy atom. The second kappa shape index (κ2) is 5.05. The zero-order chi connectivity index (χ0) is 12.5. The van der Waals surface area contributed by atoms with E-state index in [0.29, 0.717) is 0 Å². The summed E-state index contributed by atoms with van der Waals surface area (Å²) in [6, 6.07) is -0.974. The first-order chi connectivity index (χ1) is 7.22. The van der Waals surface area contributed by atoms with Crippen LogP contribution in [-0.2, 0) is 13.8 Å². The van der Waals surface area contributed by atoms with Gasteiger partial charge in [-0.15, -0.1) is 0 Å². The van der Waals surface area contributed by atoms with Crippen molar-refractivity contribution < 1.29 is 44.7 Å². The first kappa shape index (κ1) is 14.0. The SMILES string of the molecule is [NH3+][C@H]1C(O)O[C@H](COP(=O)([O-])[O-])[C@H](O)[C@@H]1O. The lowest BCUT2D eigenvalue weighted by Gasteiger charge is -2.38. The minimum Gasteiger partial charge on any atom is -0.790 e. The summed E-state index contributed by atoms with van der Waals surface area (Å²) in [6.07, 6.45) is -5.66. The van der Waals surface area contributed by atoms with Crippen LogP contribution in [0.3, 0.4) is 0 Å². The van der Waals surface area contributed by atoms with Gasteiger partial charge in [-0.05, 0) is 0 Å². The van der Waals surface area contributed by atoms with Gasteiger partial charge < -0.3 is 44.7 Å². The number of aliphatic hydroxyl groups is 3. The number of rotatable bonds is 3. The fourth-order valence-corrected chi connectivity index (χ4v) is 1.63. The van der Waals surface area contributed by atoms with Gasteiger partial charge in [-0.2, -0.15) is 0 Å². The molecular weight excluding hydrogens is 245 g/mol. The van der Waals surface area contributed by atoms with E-state index in [1.807, 2.05) is 0 Å². The Balaban J connectivity index is 2.57. The first-order valence-corrected chi connectivity index (χ1v) is 5.88. The molecule has 0 radical (unpaired) electrons. The van der Waals surface area contributed by atoms with Crippen LogP contribution in [-0.4, -0.2) is 52.6 Å². The van der Waals surface area contributed by atoms with Crippen LogP contribution in [0.1, 0.15) is 0 Å². The summed E-state index contributed by atoms with van der Waals surface area (Å²) >= 11 is 0. The standard InChI is InChI=1S/C6H14NO8P/c7-3-5(9)4(8)2(15-6(3)10)1-14-16(11,12)13/h2-6,8-10H,1,7H2,(H2,11,12,13)/p-1/t2-,3-,4+,5-,6?/m1/s1. The second-order valence-corrected chi connectivity index (χ2v) is 4.61. The molecule has 1 fully saturated rings. The third kappa shape index (κ3) is 3.45. The van der Waals surface area contributed by atoms with Crippen LogP contribution in [0.5, 0.6) is 0 Å². The summed E-state index contributed by atoms with van der Waals surface area (Å²) in [4.78, 5) is 20.4. The van der Waals surface area contributed by atoms with Crippen LogP contribution in [0, 0.1) is 0 Å². The Kier molecular flexibility index (Phi) is 4.41. The van der Waals surface area contributed by atoms with Crippen molar-refractivity contribution in [3.8, 4) is 0 Å². The van der Waals surface area contributed by atoms with Crippen molar-refractivity contribution in [3.05, 3.63) is 0 Å². The van der Waals surface area contributed by atoms with Gasteiger partial charge in [0.15, 0.2) is 6.04 Å². The maximum Gasteiger partial charge on any atom is 0.211 e. The quantitative estimate of drug-likeness (QED) is 0.364. The highest BCUT2D eigenvalue weighted by Gasteiger charge is 2.44. The van der Waals surface area contributed by atoms with Crippen molar-refractivity contribution in [2.24, 2.45) is 0 Å². The molecule has 0 amide bonds. The van der Waals surface area contributed by atoms with Gasteiger partial charge in [-0.1, -0.05) is 0 Å². The van der Waals surface area contributed by atoms with Gasteiger partial charge >= 0.3 is 0 Å². The molecule has 5 atom stereocenters. The summed E-state index contributed by atoms with van der Waals surface area (Å²) in [5, 5.41) is 28.0. The minimum absolute atomic E-state index is 0.772. The van der Waals surface area contributed by atoms with Gasteiger partial charge in [0, 0.05) is 0 Å². The molecule has 1 aliphatic heterocycles. The van der Waals surface area contributed by atoms with E-state index in [4.69, 9.17) is 4.74 Å². The molecule has 0 spiro atoms. The minimum atomic E-state index is -5.18. The fraction of sp³-hybridized carbons (Fsp3) is 1.00. The van der Waals surface area contributed by atoms with Crippen molar-refractivity contribution in [1.82, 2.24) is 0 Å². The van der Waals surface area contributed by atoms with E-state index in [2.05, 4.69) is 10.3 Å². The molecule has 0 saturated carbocycles. The molecule has 16 heavy (non-hydrogen) atoms. The average molecular weight is 258 g/mol. The third-order valence-electron chi connectivity index (χ3n) is 2.25. The molecule has 1 heterocycles. The van der Waals surface area contributed by atoms with Gasteiger partial charge in [-0.3, -0.25) is 0 Å². The van der Waals surface area contributed by atoms with Crippen molar-refractivity contribution in [2.75, 3.05) is 6.61 Å². The first-order valence-electron chi connectivity index (χ1n) is 4.41. The van der Waals surface area contributed by atoms with Gasteiger partial charge in [0.05, 0.1) is 14.4 Å². The topological polar surface area (TPSA) is 170 Å². The summed E-state index contributed by atoms with van der Waals surface area (Å²) in [7, 11) is -5.18. The van der Waals surface area contributed by atoms with E-state index >= 15 is 0 Å². The molecule has 0 aliphatic carbocycles. The largest absolute Gasteiger partial charge is 0.790 e. The lowest BCUT2D eigenvalue weighted by molar-refractivity contribution is -0.498. The Hall–Kier alpha value is -0.0900. The monoisotopic (exact) mass is 258 g/mol. The van der Waals surface area contributed by atoms with Gasteiger partial charge in [-0.25, -0.2) is 0 Å². The molecule has 9 nitrogen and oxygen atoms in total. The van der Waals surface area contributed by atoms with Crippen molar-refractivity contribution in [3.63, 3.8) is 0 Å². The highest BCUT2D eigenvalue weighted by molar-refractivity contribution is 7.43. The lowest BCUT2D eigenvalue weighted by Crippen LogP contribution is -2.77. The predicted octanol–water partition coefficient (Wildman–Crippen LogP) is -5.12. The molecule has 1 unspecified atom stereocenters. The number of phosphoric ester groups is 1.